The van der Waals surface area contributed by atoms with Crippen LogP contribution in [0.15, 0.2) is 6.07 Å². The van der Waals surface area contributed by atoms with Crippen LogP contribution in [0.5, 0.6) is 0 Å². The lowest BCUT2D eigenvalue weighted by Crippen LogP contribution is -2.06. The van der Waals surface area contributed by atoms with Gasteiger partial charge in [-0.25, -0.2) is 18.2 Å². The molecule has 0 atom stereocenters. The second-order valence-corrected chi connectivity index (χ2v) is 2.96. The molecule has 1 aromatic heterocycles. The number of benzene rings is 1. The Morgan fingerprint density at radius 1 is 1.06 bits per heavy atom. The third-order valence-corrected chi connectivity index (χ3v) is 1.88. The van der Waals surface area contributed by atoms with Crippen LogP contribution in [0.25, 0.3) is 11.0 Å². The summed E-state index contributed by atoms with van der Waals surface area (Å²) in [6, 6.07) is 0.138. The fraction of sp³-hybridized carbons (Fsp3) is 0.125. The zero-order valence-electron chi connectivity index (χ0n) is 7.29. The van der Waals surface area contributed by atoms with E-state index in [1.54, 1.807) is 0 Å². The molecule has 0 aliphatic heterocycles. The van der Waals surface area contributed by atoms with Crippen molar-refractivity contribution >= 4 is 11.0 Å². The lowest BCUT2D eigenvalue weighted by atomic mass is 10.3. The summed E-state index contributed by atoms with van der Waals surface area (Å²) < 4.78 is 75.1. The zero-order chi connectivity index (χ0) is 12.1. The zero-order valence-corrected chi connectivity index (χ0v) is 7.29. The number of aromatic amines is 1. The van der Waals surface area contributed by atoms with Gasteiger partial charge in [0.25, 0.3) is 0 Å². The molecule has 8 heteroatoms. The van der Waals surface area contributed by atoms with E-state index < -0.39 is 40.5 Å². The summed E-state index contributed by atoms with van der Waals surface area (Å²) in [6.07, 6.45) is -4.88. The van der Waals surface area contributed by atoms with Crippen LogP contribution in [0.2, 0.25) is 0 Å². The molecule has 0 saturated carbocycles. The average Bonchev–Trinajstić information content (AvgIpc) is 2.58. The highest BCUT2D eigenvalue weighted by Crippen LogP contribution is 2.30. The maximum Gasteiger partial charge on any atom is 0.449 e. The first-order valence-electron chi connectivity index (χ1n) is 3.91. The monoisotopic (exact) mass is 240 g/mol. The molecule has 1 aromatic carbocycles. The Morgan fingerprint density at radius 2 is 1.69 bits per heavy atom. The molecule has 0 unspecified atom stereocenters. The standard InChI is InChI=1S/C8H2F6N2/c9-2-1-3(10)5-6(4(2)11)16-7(15-5)8(12,13)14/h1H,(H,15,16). The van der Waals surface area contributed by atoms with Gasteiger partial charge in [0.1, 0.15) is 11.0 Å². The summed E-state index contributed by atoms with van der Waals surface area (Å²) in [5, 5.41) is 0. The van der Waals surface area contributed by atoms with Gasteiger partial charge in [-0.15, -0.1) is 0 Å². The highest BCUT2D eigenvalue weighted by Gasteiger charge is 2.36. The maximum atomic E-state index is 13.0. The van der Waals surface area contributed by atoms with Crippen molar-refractivity contribution in [3.63, 3.8) is 0 Å². The van der Waals surface area contributed by atoms with E-state index >= 15 is 0 Å². The quantitative estimate of drug-likeness (QED) is 0.556. The fourth-order valence-electron chi connectivity index (χ4n) is 1.20. The molecule has 0 fully saturated rings. The Morgan fingerprint density at radius 3 is 2.25 bits per heavy atom. The van der Waals surface area contributed by atoms with Crippen LogP contribution >= 0.6 is 0 Å². The number of hydrogen-bond acceptors (Lipinski definition) is 1. The molecule has 2 nitrogen and oxygen atoms in total. The molecule has 1 heterocycles. The van der Waals surface area contributed by atoms with E-state index in [-0.39, 0.29) is 6.07 Å². The molecular formula is C8H2F6N2. The molecule has 2 aromatic rings. The largest absolute Gasteiger partial charge is 0.449 e. The molecule has 86 valence electrons. The average molecular weight is 240 g/mol. The second kappa shape index (κ2) is 3.13. The number of halogens is 6. The number of imidazole rings is 1. The minimum atomic E-state index is -4.88. The number of nitrogens with zero attached hydrogens (tertiary/aromatic N) is 1. The highest BCUT2D eigenvalue weighted by molar-refractivity contribution is 5.76. The number of aromatic nitrogens is 2. The summed E-state index contributed by atoms with van der Waals surface area (Å²) in [6.45, 7) is 0. The van der Waals surface area contributed by atoms with Gasteiger partial charge in [0.2, 0.25) is 5.82 Å². The van der Waals surface area contributed by atoms with Crippen molar-refractivity contribution in [3.05, 3.63) is 29.3 Å². The summed E-state index contributed by atoms with van der Waals surface area (Å²) in [5.41, 5.74) is -1.82. The van der Waals surface area contributed by atoms with Crippen molar-refractivity contribution in [2.45, 2.75) is 6.18 Å². The molecular weight excluding hydrogens is 238 g/mol. The molecule has 2 rings (SSSR count). The number of H-pyrrole nitrogens is 1. The molecule has 0 aliphatic carbocycles. The predicted octanol–water partition coefficient (Wildman–Crippen LogP) is 3.00. The van der Waals surface area contributed by atoms with Crippen LogP contribution in [-0.4, -0.2) is 9.97 Å². The maximum absolute atomic E-state index is 13.0. The summed E-state index contributed by atoms with van der Waals surface area (Å²) >= 11 is 0. The van der Waals surface area contributed by atoms with E-state index in [1.165, 1.54) is 4.98 Å². The normalized spacial score (nSPS) is 12.4. The number of rotatable bonds is 0. The SMILES string of the molecule is Fc1cc(F)c2nc(C(F)(F)F)[nH]c2c1F. The third kappa shape index (κ3) is 1.50. The van der Waals surface area contributed by atoms with Crippen LogP contribution in [-0.2, 0) is 6.18 Å². The van der Waals surface area contributed by atoms with Crippen molar-refractivity contribution < 1.29 is 26.3 Å². The van der Waals surface area contributed by atoms with E-state index in [0.29, 0.717) is 0 Å². The number of hydrogen-bond donors (Lipinski definition) is 1. The minimum Gasteiger partial charge on any atom is -0.332 e. The Balaban J connectivity index is 2.80. The smallest absolute Gasteiger partial charge is 0.332 e. The van der Waals surface area contributed by atoms with Crippen molar-refractivity contribution in [2.24, 2.45) is 0 Å². The predicted molar refractivity (Wildman–Crippen MR) is 41.0 cm³/mol. The molecule has 0 radical (unpaired) electrons. The molecule has 0 bridgehead atoms. The van der Waals surface area contributed by atoms with Crippen LogP contribution in [0, 0.1) is 17.5 Å². The van der Waals surface area contributed by atoms with Gasteiger partial charge < -0.3 is 4.98 Å². The van der Waals surface area contributed by atoms with Gasteiger partial charge in [0.15, 0.2) is 17.5 Å². The first-order chi connectivity index (χ1) is 7.30. The van der Waals surface area contributed by atoms with E-state index in [4.69, 9.17) is 0 Å². The van der Waals surface area contributed by atoms with E-state index in [9.17, 15) is 26.3 Å². The molecule has 0 amide bonds. The lowest BCUT2D eigenvalue weighted by Gasteiger charge is -1.99. The Kier molecular flexibility index (Phi) is 2.11. The fourth-order valence-corrected chi connectivity index (χ4v) is 1.20. The van der Waals surface area contributed by atoms with Crippen molar-refractivity contribution in [1.82, 2.24) is 9.97 Å². The van der Waals surface area contributed by atoms with Crippen molar-refractivity contribution in [2.75, 3.05) is 0 Å². The van der Waals surface area contributed by atoms with Gasteiger partial charge in [-0.1, -0.05) is 0 Å². The van der Waals surface area contributed by atoms with E-state index in [2.05, 4.69) is 4.98 Å². The van der Waals surface area contributed by atoms with Gasteiger partial charge >= 0.3 is 6.18 Å². The topological polar surface area (TPSA) is 28.7 Å². The molecule has 16 heavy (non-hydrogen) atoms. The van der Waals surface area contributed by atoms with Gasteiger partial charge in [0, 0.05) is 6.07 Å². The third-order valence-electron chi connectivity index (χ3n) is 1.88. The summed E-state index contributed by atoms with van der Waals surface area (Å²) in [4.78, 5) is 4.32. The van der Waals surface area contributed by atoms with Gasteiger partial charge in [-0.05, 0) is 0 Å². The summed E-state index contributed by atoms with van der Waals surface area (Å²) in [7, 11) is 0. The first kappa shape index (κ1) is 10.8. The number of alkyl halides is 3. The summed E-state index contributed by atoms with van der Waals surface area (Å²) in [5.74, 6) is -6.12. The Bertz CT molecular complexity index is 556. The Labute approximate surface area is 83.9 Å². The molecule has 0 aliphatic rings. The first-order valence-corrected chi connectivity index (χ1v) is 3.91. The van der Waals surface area contributed by atoms with Crippen LogP contribution in [0.4, 0.5) is 26.3 Å². The minimum absolute atomic E-state index is 0.138. The van der Waals surface area contributed by atoms with E-state index in [1.807, 2.05) is 0 Å². The van der Waals surface area contributed by atoms with Crippen molar-refractivity contribution in [3.8, 4) is 0 Å². The highest BCUT2D eigenvalue weighted by atomic mass is 19.4. The van der Waals surface area contributed by atoms with Gasteiger partial charge in [-0.3, -0.25) is 0 Å². The Hall–Kier alpha value is -1.73. The van der Waals surface area contributed by atoms with E-state index in [0.717, 1.165) is 0 Å². The lowest BCUT2D eigenvalue weighted by molar-refractivity contribution is -0.144. The second-order valence-electron chi connectivity index (χ2n) is 2.96. The van der Waals surface area contributed by atoms with Gasteiger partial charge in [0.05, 0.1) is 0 Å². The van der Waals surface area contributed by atoms with Crippen LogP contribution < -0.4 is 0 Å². The number of fused-ring (bicyclic) bond motifs is 1. The molecule has 0 spiro atoms. The van der Waals surface area contributed by atoms with Crippen LogP contribution in [0.1, 0.15) is 5.82 Å². The number of nitrogens with one attached hydrogen (secondary N) is 1. The van der Waals surface area contributed by atoms with Gasteiger partial charge in [-0.2, -0.15) is 13.2 Å². The van der Waals surface area contributed by atoms with Crippen molar-refractivity contribution in [1.29, 1.82) is 0 Å². The molecule has 1 N–H and O–H groups in total. The molecule has 0 saturated heterocycles. The van der Waals surface area contributed by atoms with Crippen LogP contribution in [0.3, 0.4) is 0 Å².